The van der Waals surface area contributed by atoms with E-state index in [0.717, 1.165) is 0 Å². The summed E-state index contributed by atoms with van der Waals surface area (Å²) in [7, 11) is 0. The van der Waals surface area contributed by atoms with E-state index >= 15 is 0 Å². The Balaban J connectivity index is 0. The zero-order chi connectivity index (χ0) is 3.41. The second-order valence-electron chi connectivity index (χ2n) is 0.447. The Morgan fingerprint density at radius 3 is 1.20 bits per heavy atom. The molecule has 0 heterocycles. The molecule has 0 spiro atoms. The molecule has 33 valence electrons. The van der Waals surface area contributed by atoms with Crippen molar-refractivity contribution in [1.82, 2.24) is 0 Å². The molecule has 0 bridgehead atoms. The number of hydrogen-bond acceptors (Lipinski definition) is 2. The minimum absolute atomic E-state index is 0. The van der Waals surface area contributed by atoms with E-state index in [1.807, 2.05) is 0 Å². The molecule has 0 aromatic heterocycles. The van der Waals surface area contributed by atoms with Crippen LogP contribution in [0.25, 0.3) is 0 Å². The Hall–Kier alpha value is 0.582. The van der Waals surface area contributed by atoms with E-state index in [1.165, 1.54) is 0 Å². The molecule has 1 radical (unpaired) electrons. The molecule has 2 nitrogen and oxygen atoms in total. The molecule has 2 N–H and O–H groups in total. The number of aliphatic hydroxyl groups excluding tert-OH is 2. The van der Waals surface area contributed by atoms with Crippen LogP contribution < -0.4 is 0 Å². The number of rotatable bonds is 1. The minimum Gasteiger partial charge on any atom is -0.394 e. The third-order valence-corrected chi connectivity index (χ3v) is 0.1000. The van der Waals surface area contributed by atoms with Gasteiger partial charge in [0.2, 0.25) is 0 Å². The molecule has 0 atom stereocenters. The van der Waals surface area contributed by atoms with E-state index in [1.54, 1.807) is 0 Å². The maximum atomic E-state index is 7.62. The smallest absolute Gasteiger partial charge is 0.0662 e. The summed E-state index contributed by atoms with van der Waals surface area (Å²) in [5.74, 6) is 0. The SMILES string of the molecule is OCCO.[Re]. The van der Waals surface area contributed by atoms with E-state index in [-0.39, 0.29) is 33.6 Å². The molecule has 0 saturated heterocycles. The predicted molar refractivity (Wildman–Crippen MR) is 14.2 cm³/mol. The molecule has 3 heteroatoms. The second-order valence-corrected chi connectivity index (χ2v) is 0.447. The Morgan fingerprint density at radius 2 is 1.20 bits per heavy atom. The van der Waals surface area contributed by atoms with E-state index in [2.05, 4.69) is 0 Å². The summed E-state index contributed by atoms with van der Waals surface area (Å²) >= 11 is 0. The molecule has 0 saturated carbocycles. The van der Waals surface area contributed by atoms with Gasteiger partial charge in [-0.05, 0) is 0 Å². The number of hydrogen-bond donors (Lipinski definition) is 2. The summed E-state index contributed by atoms with van der Waals surface area (Å²) in [5.41, 5.74) is 0. The molecule has 0 aliphatic rings. The first-order chi connectivity index (χ1) is 1.91. The quantitative estimate of drug-likeness (QED) is 0.623. The number of aliphatic hydroxyl groups is 2. The molecule has 0 rings (SSSR count). The largest absolute Gasteiger partial charge is 0.394 e. The van der Waals surface area contributed by atoms with Gasteiger partial charge in [0.1, 0.15) is 0 Å². The van der Waals surface area contributed by atoms with Crippen LogP contribution in [0.4, 0.5) is 0 Å². The molecular weight excluding hydrogens is 242 g/mol. The maximum Gasteiger partial charge on any atom is 0.0662 e. The third-order valence-electron chi connectivity index (χ3n) is 0.1000. The van der Waals surface area contributed by atoms with Crippen molar-refractivity contribution in [2.45, 2.75) is 0 Å². The summed E-state index contributed by atoms with van der Waals surface area (Å²) in [5, 5.41) is 15.2. The van der Waals surface area contributed by atoms with Gasteiger partial charge in [0, 0.05) is 20.4 Å². The molecule has 0 amide bonds. The van der Waals surface area contributed by atoms with Gasteiger partial charge in [0.25, 0.3) is 0 Å². The van der Waals surface area contributed by atoms with E-state index in [4.69, 9.17) is 10.2 Å². The fourth-order valence-corrected chi connectivity index (χ4v) is 0. The fraction of sp³-hybridized carbons (Fsp3) is 1.00. The van der Waals surface area contributed by atoms with Gasteiger partial charge in [-0.2, -0.15) is 0 Å². The summed E-state index contributed by atoms with van der Waals surface area (Å²) in [6.07, 6.45) is 0. The predicted octanol–water partition coefficient (Wildman–Crippen LogP) is -1.03. The third kappa shape index (κ3) is 12.2. The van der Waals surface area contributed by atoms with Crippen molar-refractivity contribution >= 4 is 0 Å². The Morgan fingerprint density at radius 1 is 1.00 bits per heavy atom. The monoisotopic (exact) mass is 249 g/mol. The van der Waals surface area contributed by atoms with Gasteiger partial charge in [-0.3, -0.25) is 0 Å². The van der Waals surface area contributed by atoms with Crippen LogP contribution in [0, 0.1) is 0 Å². The molecule has 0 aromatic rings. The van der Waals surface area contributed by atoms with Crippen molar-refractivity contribution in [3.63, 3.8) is 0 Å². The first-order valence-electron chi connectivity index (χ1n) is 1.13. The average Bonchev–Trinajstić information content (AvgIpc) is 1.37. The van der Waals surface area contributed by atoms with Crippen LogP contribution in [0.1, 0.15) is 0 Å². The van der Waals surface area contributed by atoms with Crippen LogP contribution >= 0.6 is 0 Å². The molecular formula is C2H6O2Re. The van der Waals surface area contributed by atoms with Gasteiger partial charge >= 0.3 is 0 Å². The van der Waals surface area contributed by atoms with Gasteiger partial charge < -0.3 is 10.2 Å². The van der Waals surface area contributed by atoms with Gasteiger partial charge in [0.15, 0.2) is 0 Å². The van der Waals surface area contributed by atoms with E-state index in [0.29, 0.717) is 0 Å². The first kappa shape index (κ1) is 9.13. The molecule has 0 aliphatic carbocycles. The van der Waals surface area contributed by atoms with Crippen molar-refractivity contribution in [2.24, 2.45) is 0 Å². The summed E-state index contributed by atoms with van der Waals surface area (Å²) < 4.78 is 0. The van der Waals surface area contributed by atoms with Crippen molar-refractivity contribution in [1.29, 1.82) is 0 Å². The Labute approximate surface area is 44.5 Å². The van der Waals surface area contributed by atoms with Crippen molar-refractivity contribution in [3.05, 3.63) is 0 Å². The molecule has 5 heavy (non-hydrogen) atoms. The maximum absolute atomic E-state index is 7.62. The first-order valence-corrected chi connectivity index (χ1v) is 1.13. The van der Waals surface area contributed by atoms with E-state index < -0.39 is 0 Å². The molecule has 0 aliphatic heterocycles. The van der Waals surface area contributed by atoms with Crippen molar-refractivity contribution in [2.75, 3.05) is 13.2 Å². The molecule has 0 unspecified atom stereocenters. The van der Waals surface area contributed by atoms with Crippen molar-refractivity contribution < 1.29 is 30.6 Å². The average molecular weight is 248 g/mol. The van der Waals surface area contributed by atoms with Crippen LogP contribution in [0.15, 0.2) is 0 Å². The van der Waals surface area contributed by atoms with Gasteiger partial charge in [-0.25, -0.2) is 0 Å². The van der Waals surface area contributed by atoms with Crippen LogP contribution in [0.5, 0.6) is 0 Å². The summed E-state index contributed by atoms with van der Waals surface area (Å²) in [6, 6.07) is 0. The van der Waals surface area contributed by atoms with Crippen LogP contribution in [-0.2, 0) is 20.4 Å². The summed E-state index contributed by atoms with van der Waals surface area (Å²) in [4.78, 5) is 0. The fourth-order valence-electron chi connectivity index (χ4n) is 0. The zero-order valence-corrected chi connectivity index (χ0v) is 5.40. The zero-order valence-electron chi connectivity index (χ0n) is 2.69. The standard InChI is InChI=1S/C2H6O2.Re/c3-1-2-4;/h3-4H,1-2H2;. The second kappa shape index (κ2) is 8.82. The Kier molecular flexibility index (Phi) is 16.1. The molecule has 0 fully saturated rings. The summed E-state index contributed by atoms with van der Waals surface area (Å²) in [6.45, 7) is -0.250. The topological polar surface area (TPSA) is 40.5 Å². The van der Waals surface area contributed by atoms with Gasteiger partial charge in [-0.15, -0.1) is 0 Å². The van der Waals surface area contributed by atoms with Crippen LogP contribution in [0.2, 0.25) is 0 Å². The normalized spacial score (nSPS) is 6.00. The van der Waals surface area contributed by atoms with Gasteiger partial charge in [-0.1, -0.05) is 0 Å². The van der Waals surface area contributed by atoms with Gasteiger partial charge in [0.05, 0.1) is 13.2 Å². The Bertz CT molecular complexity index is 9.61. The van der Waals surface area contributed by atoms with Crippen LogP contribution in [-0.4, -0.2) is 23.4 Å². The van der Waals surface area contributed by atoms with E-state index in [9.17, 15) is 0 Å². The minimum atomic E-state index is -0.125. The molecule has 0 aromatic carbocycles. The van der Waals surface area contributed by atoms with Crippen molar-refractivity contribution in [3.8, 4) is 0 Å². The van der Waals surface area contributed by atoms with Crippen LogP contribution in [0.3, 0.4) is 0 Å².